The first-order valence-corrected chi connectivity index (χ1v) is 5.74. The van der Waals surface area contributed by atoms with E-state index in [2.05, 4.69) is 0 Å². The number of hydrogen-bond donors (Lipinski definition) is 2. The molecule has 0 saturated carbocycles. The van der Waals surface area contributed by atoms with Crippen molar-refractivity contribution in [1.29, 1.82) is 0 Å². The van der Waals surface area contributed by atoms with Gasteiger partial charge < -0.3 is 15.7 Å². The number of carbonyl (C=O) groups excluding carboxylic acids is 1. The fourth-order valence-corrected chi connectivity index (χ4v) is 1.87. The van der Waals surface area contributed by atoms with Crippen LogP contribution in [0.2, 0.25) is 0 Å². The molecule has 0 aromatic carbocycles. The zero-order valence-corrected chi connectivity index (χ0v) is 9.85. The molecule has 1 saturated heterocycles. The van der Waals surface area contributed by atoms with Gasteiger partial charge in [0.1, 0.15) is 0 Å². The number of carboxylic acids is 1. The molecule has 16 heavy (non-hydrogen) atoms. The Morgan fingerprint density at radius 1 is 1.56 bits per heavy atom. The molecule has 1 amide bonds. The maximum absolute atomic E-state index is 11.9. The van der Waals surface area contributed by atoms with E-state index < -0.39 is 17.9 Å². The average molecular weight is 228 g/mol. The maximum atomic E-state index is 11.9. The lowest BCUT2D eigenvalue weighted by molar-refractivity contribution is -0.141. The van der Waals surface area contributed by atoms with Crippen LogP contribution in [0.4, 0.5) is 0 Å². The summed E-state index contributed by atoms with van der Waals surface area (Å²) in [4.78, 5) is 24.3. The van der Waals surface area contributed by atoms with Gasteiger partial charge in [-0.2, -0.15) is 0 Å². The minimum atomic E-state index is -0.826. The Bertz CT molecular complexity index is 280. The molecule has 3 N–H and O–H groups in total. The first-order chi connectivity index (χ1) is 7.47. The lowest BCUT2D eigenvalue weighted by atomic mass is 9.99. The van der Waals surface area contributed by atoms with Gasteiger partial charge in [0, 0.05) is 13.1 Å². The summed E-state index contributed by atoms with van der Waals surface area (Å²) in [5, 5.41) is 8.84. The van der Waals surface area contributed by atoms with Gasteiger partial charge in [0.05, 0.1) is 12.0 Å². The van der Waals surface area contributed by atoms with Crippen molar-refractivity contribution in [3.05, 3.63) is 0 Å². The molecule has 5 nitrogen and oxygen atoms in total. The van der Waals surface area contributed by atoms with E-state index in [1.807, 2.05) is 13.8 Å². The third-order valence-electron chi connectivity index (χ3n) is 3.39. The molecule has 1 heterocycles. The zero-order chi connectivity index (χ0) is 12.3. The molecule has 0 aromatic rings. The minimum Gasteiger partial charge on any atom is -0.481 e. The van der Waals surface area contributed by atoms with Gasteiger partial charge >= 0.3 is 5.97 Å². The Balaban J connectivity index is 2.54. The molecular weight excluding hydrogens is 208 g/mol. The normalized spacial score (nSPS) is 24.2. The molecule has 0 spiro atoms. The van der Waals surface area contributed by atoms with Gasteiger partial charge in [-0.25, -0.2) is 0 Å². The standard InChI is InChI=1S/C11H20N2O3/c1-3-7(2)9(12)10(14)13-5-4-8(6-13)11(15)16/h7-9H,3-6,12H2,1-2H3,(H,15,16)/t7-,8?,9-/m0/s1. The lowest BCUT2D eigenvalue weighted by Crippen LogP contribution is -2.46. The van der Waals surface area contributed by atoms with Crippen molar-refractivity contribution in [3.63, 3.8) is 0 Å². The third-order valence-corrected chi connectivity index (χ3v) is 3.39. The van der Waals surface area contributed by atoms with E-state index in [0.29, 0.717) is 19.5 Å². The fraction of sp³-hybridized carbons (Fsp3) is 0.818. The van der Waals surface area contributed by atoms with Gasteiger partial charge in [0.25, 0.3) is 0 Å². The van der Waals surface area contributed by atoms with E-state index in [0.717, 1.165) is 6.42 Å². The quantitative estimate of drug-likeness (QED) is 0.724. The molecule has 1 fully saturated rings. The number of carbonyl (C=O) groups is 2. The Morgan fingerprint density at radius 2 is 2.19 bits per heavy atom. The van der Waals surface area contributed by atoms with Gasteiger partial charge in [0.2, 0.25) is 5.91 Å². The van der Waals surface area contributed by atoms with Crippen LogP contribution in [0, 0.1) is 11.8 Å². The number of rotatable bonds is 4. The van der Waals surface area contributed by atoms with Crippen LogP contribution in [-0.2, 0) is 9.59 Å². The number of carboxylic acid groups (broad SMARTS) is 1. The van der Waals surface area contributed by atoms with Crippen LogP contribution in [0.1, 0.15) is 26.7 Å². The minimum absolute atomic E-state index is 0.113. The van der Waals surface area contributed by atoms with Gasteiger partial charge in [-0.05, 0) is 12.3 Å². The molecule has 0 radical (unpaired) electrons. The van der Waals surface area contributed by atoms with Crippen LogP contribution in [0.5, 0.6) is 0 Å². The molecule has 1 unspecified atom stereocenters. The topological polar surface area (TPSA) is 83.6 Å². The summed E-state index contributed by atoms with van der Waals surface area (Å²) in [5.74, 6) is -1.23. The van der Waals surface area contributed by atoms with Gasteiger partial charge in [-0.3, -0.25) is 9.59 Å². The third kappa shape index (κ3) is 2.72. The van der Waals surface area contributed by atoms with Gasteiger partial charge in [0.15, 0.2) is 0 Å². The molecular formula is C11H20N2O3. The van der Waals surface area contributed by atoms with Crippen molar-refractivity contribution in [2.75, 3.05) is 13.1 Å². The predicted octanol–water partition coefficient (Wildman–Crippen LogP) is 0.293. The van der Waals surface area contributed by atoms with E-state index in [9.17, 15) is 9.59 Å². The Kier molecular flexibility index (Phi) is 4.29. The fourth-order valence-electron chi connectivity index (χ4n) is 1.87. The van der Waals surface area contributed by atoms with Crippen LogP contribution < -0.4 is 5.73 Å². The summed E-state index contributed by atoms with van der Waals surface area (Å²) >= 11 is 0. The number of nitrogens with two attached hydrogens (primary N) is 1. The highest BCUT2D eigenvalue weighted by Crippen LogP contribution is 2.18. The second kappa shape index (κ2) is 5.30. The van der Waals surface area contributed by atoms with Crippen molar-refractivity contribution in [1.82, 2.24) is 4.90 Å². The van der Waals surface area contributed by atoms with Crippen LogP contribution in [0.15, 0.2) is 0 Å². The van der Waals surface area contributed by atoms with Crippen molar-refractivity contribution >= 4 is 11.9 Å². The van der Waals surface area contributed by atoms with Crippen LogP contribution in [0.3, 0.4) is 0 Å². The highest BCUT2D eigenvalue weighted by molar-refractivity contribution is 5.83. The van der Waals surface area contributed by atoms with Gasteiger partial charge in [-0.15, -0.1) is 0 Å². The van der Waals surface area contributed by atoms with Gasteiger partial charge in [-0.1, -0.05) is 20.3 Å². The monoisotopic (exact) mass is 228 g/mol. The number of amides is 1. The molecule has 1 rings (SSSR count). The summed E-state index contributed by atoms with van der Waals surface area (Å²) in [5.41, 5.74) is 5.83. The van der Waals surface area contributed by atoms with E-state index in [1.54, 1.807) is 4.90 Å². The number of likely N-dealkylation sites (tertiary alicyclic amines) is 1. The summed E-state index contributed by atoms with van der Waals surface area (Å²) < 4.78 is 0. The zero-order valence-electron chi connectivity index (χ0n) is 9.85. The molecule has 3 atom stereocenters. The molecule has 0 aromatic heterocycles. The van der Waals surface area contributed by atoms with Crippen LogP contribution in [-0.4, -0.2) is 41.0 Å². The highest BCUT2D eigenvalue weighted by Gasteiger charge is 2.33. The van der Waals surface area contributed by atoms with E-state index in [-0.39, 0.29) is 11.8 Å². The number of hydrogen-bond acceptors (Lipinski definition) is 3. The molecule has 0 bridgehead atoms. The second-order valence-corrected chi connectivity index (χ2v) is 4.52. The van der Waals surface area contributed by atoms with Crippen molar-refractivity contribution in [2.24, 2.45) is 17.6 Å². The van der Waals surface area contributed by atoms with Crippen LogP contribution >= 0.6 is 0 Å². The predicted molar refractivity (Wildman–Crippen MR) is 59.8 cm³/mol. The molecule has 1 aliphatic rings. The smallest absolute Gasteiger partial charge is 0.308 e. The number of aliphatic carboxylic acids is 1. The summed E-state index contributed by atoms with van der Waals surface area (Å²) in [7, 11) is 0. The Labute approximate surface area is 95.6 Å². The lowest BCUT2D eigenvalue weighted by Gasteiger charge is -2.24. The van der Waals surface area contributed by atoms with Crippen molar-refractivity contribution < 1.29 is 14.7 Å². The molecule has 92 valence electrons. The SMILES string of the molecule is CC[C@H](C)[C@H](N)C(=O)N1CCC(C(=O)O)C1. The van der Waals surface area contributed by atoms with Crippen molar-refractivity contribution in [2.45, 2.75) is 32.7 Å². The van der Waals surface area contributed by atoms with E-state index >= 15 is 0 Å². The first-order valence-electron chi connectivity index (χ1n) is 5.74. The Hall–Kier alpha value is -1.10. The van der Waals surface area contributed by atoms with E-state index in [4.69, 9.17) is 10.8 Å². The molecule has 1 aliphatic heterocycles. The summed E-state index contributed by atoms with van der Waals surface area (Å²) in [6.45, 7) is 4.74. The average Bonchev–Trinajstić information content (AvgIpc) is 2.75. The van der Waals surface area contributed by atoms with Crippen molar-refractivity contribution in [3.8, 4) is 0 Å². The highest BCUT2D eigenvalue weighted by atomic mass is 16.4. The molecule has 5 heteroatoms. The Morgan fingerprint density at radius 3 is 2.62 bits per heavy atom. The van der Waals surface area contributed by atoms with E-state index in [1.165, 1.54) is 0 Å². The summed E-state index contributed by atoms with van der Waals surface area (Å²) in [6.07, 6.45) is 1.39. The molecule has 0 aliphatic carbocycles. The maximum Gasteiger partial charge on any atom is 0.308 e. The second-order valence-electron chi connectivity index (χ2n) is 4.52. The first kappa shape index (κ1) is 13.0. The van der Waals surface area contributed by atoms with Crippen LogP contribution in [0.25, 0.3) is 0 Å². The summed E-state index contributed by atoms with van der Waals surface area (Å²) in [6, 6.07) is -0.502. The number of nitrogens with zero attached hydrogens (tertiary/aromatic N) is 1. The largest absolute Gasteiger partial charge is 0.481 e.